The molecular weight excluding hydrogens is 294 g/mol. The molecule has 0 aliphatic carbocycles. The summed E-state index contributed by atoms with van der Waals surface area (Å²) in [5.41, 5.74) is 1.90. The van der Waals surface area contributed by atoms with Crippen LogP contribution >= 0.6 is 0 Å². The highest BCUT2D eigenvalue weighted by Crippen LogP contribution is 2.30. The zero-order valence-corrected chi connectivity index (χ0v) is 12.1. The van der Waals surface area contributed by atoms with Gasteiger partial charge in [-0.1, -0.05) is 0 Å². The van der Waals surface area contributed by atoms with Gasteiger partial charge in [-0.2, -0.15) is 0 Å². The quantitative estimate of drug-likeness (QED) is 0.830. The number of aromatic hydroxyl groups is 1. The van der Waals surface area contributed by atoms with Gasteiger partial charge in [-0.15, -0.1) is 0 Å². The highest BCUT2D eigenvalue weighted by molar-refractivity contribution is 6.19. The maximum Gasteiger partial charge on any atom is 0.259 e. The number of carbonyl (C=O) groups is 1. The number of nitrogens with one attached hydrogen (secondary N) is 1. The van der Waals surface area contributed by atoms with Gasteiger partial charge in [0.1, 0.15) is 11.6 Å². The Hall–Kier alpha value is -3.22. The Balaban J connectivity index is 1.70. The molecule has 0 bridgehead atoms. The van der Waals surface area contributed by atoms with Crippen LogP contribution in [-0.4, -0.2) is 45.8 Å². The van der Waals surface area contributed by atoms with E-state index in [4.69, 9.17) is 0 Å². The number of amides is 1. The number of aliphatic imine (C=N–C) groups is 2. The van der Waals surface area contributed by atoms with E-state index in [1.165, 1.54) is 6.20 Å². The van der Waals surface area contributed by atoms with Crippen molar-refractivity contribution in [2.45, 2.75) is 0 Å². The molecule has 2 aliphatic heterocycles. The lowest BCUT2D eigenvalue weighted by molar-refractivity contribution is 0.0973. The fourth-order valence-corrected chi connectivity index (χ4v) is 2.63. The van der Waals surface area contributed by atoms with Crippen molar-refractivity contribution >= 4 is 23.4 Å². The Morgan fingerprint density at radius 1 is 1.30 bits per heavy atom. The number of rotatable bonds is 1. The van der Waals surface area contributed by atoms with Crippen LogP contribution in [0.5, 0.6) is 5.75 Å². The summed E-state index contributed by atoms with van der Waals surface area (Å²) in [6.07, 6.45) is 3.12. The van der Waals surface area contributed by atoms with Crippen LogP contribution in [-0.2, 0) is 0 Å². The molecule has 0 radical (unpaired) electrons. The molecule has 114 valence electrons. The minimum Gasteiger partial charge on any atom is -0.508 e. The van der Waals surface area contributed by atoms with Gasteiger partial charge in [0.15, 0.2) is 0 Å². The first kappa shape index (κ1) is 13.4. The fraction of sp³-hybridized carbons (Fsp3) is 0.125. The van der Waals surface area contributed by atoms with Crippen molar-refractivity contribution in [3.8, 4) is 5.75 Å². The minimum absolute atomic E-state index is 0.163. The van der Waals surface area contributed by atoms with Crippen LogP contribution in [0.2, 0.25) is 0 Å². The molecule has 7 nitrogen and oxygen atoms in total. The van der Waals surface area contributed by atoms with Gasteiger partial charge in [0.05, 0.1) is 17.8 Å². The van der Waals surface area contributed by atoms with Gasteiger partial charge in [-0.3, -0.25) is 25.0 Å². The molecule has 0 fully saturated rings. The third-order valence-electron chi connectivity index (χ3n) is 3.69. The number of phenols is 1. The van der Waals surface area contributed by atoms with E-state index in [1.807, 2.05) is 4.90 Å². The number of fused-ring (bicyclic) bond motifs is 3. The van der Waals surface area contributed by atoms with Crippen LogP contribution in [0.4, 0.5) is 5.69 Å². The molecule has 23 heavy (non-hydrogen) atoms. The summed E-state index contributed by atoms with van der Waals surface area (Å²) in [6.45, 7) is 1.25. The minimum atomic E-state index is -0.273. The maximum absolute atomic E-state index is 12.3. The molecule has 2 aliphatic rings. The van der Waals surface area contributed by atoms with Gasteiger partial charge in [0.2, 0.25) is 5.96 Å². The number of guanidine groups is 1. The summed E-state index contributed by atoms with van der Waals surface area (Å²) in [5, 5.41) is 12.5. The molecule has 0 unspecified atom stereocenters. The van der Waals surface area contributed by atoms with Gasteiger partial charge >= 0.3 is 0 Å². The number of hydrogen-bond acceptors (Lipinski definition) is 6. The number of aromatic nitrogens is 1. The Bertz CT molecular complexity index is 845. The largest absolute Gasteiger partial charge is 0.508 e. The molecule has 1 aromatic carbocycles. The summed E-state index contributed by atoms with van der Waals surface area (Å²) >= 11 is 0. The van der Waals surface area contributed by atoms with E-state index in [1.54, 1.807) is 36.5 Å². The first-order chi connectivity index (χ1) is 11.2. The maximum atomic E-state index is 12.3. The monoisotopic (exact) mass is 307 g/mol. The predicted molar refractivity (Wildman–Crippen MR) is 85.0 cm³/mol. The number of carbonyl (C=O) groups excluding carboxylic acids is 1. The average Bonchev–Trinajstić information content (AvgIpc) is 3.06. The van der Waals surface area contributed by atoms with Crippen molar-refractivity contribution in [1.29, 1.82) is 0 Å². The van der Waals surface area contributed by atoms with Crippen molar-refractivity contribution in [3.63, 3.8) is 0 Å². The first-order valence-corrected chi connectivity index (χ1v) is 7.18. The lowest BCUT2D eigenvalue weighted by atomic mass is 10.1. The summed E-state index contributed by atoms with van der Waals surface area (Å²) in [6, 6.07) is 8.30. The average molecular weight is 307 g/mol. The lowest BCUT2D eigenvalue weighted by Gasteiger charge is -2.27. The Morgan fingerprint density at radius 2 is 2.22 bits per heavy atom. The number of phenolic OH excluding ortho intramolecular Hbond substituents is 1. The molecule has 1 amide bonds. The van der Waals surface area contributed by atoms with Crippen molar-refractivity contribution in [3.05, 3.63) is 53.9 Å². The second-order valence-electron chi connectivity index (χ2n) is 5.19. The Labute approximate surface area is 132 Å². The van der Waals surface area contributed by atoms with Gasteiger partial charge in [0, 0.05) is 24.5 Å². The third kappa shape index (κ3) is 2.32. The Morgan fingerprint density at radius 3 is 3.04 bits per heavy atom. The molecule has 7 heteroatoms. The number of nitrogens with zero attached hydrogens (tertiary/aromatic N) is 4. The van der Waals surface area contributed by atoms with Gasteiger partial charge in [-0.05, 0) is 30.3 Å². The van der Waals surface area contributed by atoms with Crippen LogP contribution in [0.25, 0.3) is 0 Å². The van der Waals surface area contributed by atoms with E-state index >= 15 is 0 Å². The van der Waals surface area contributed by atoms with Crippen LogP contribution in [0.3, 0.4) is 0 Å². The molecule has 1 aromatic heterocycles. The van der Waals surface area contributed by atoms with Crippen LogP contribution in [0.15, 0.2) is 52.7 Å². The van der Waals surface area contributed by atoms with Crippen molar-refractivity contribution in [2.75, 3.05) is 13.1 Å². The van der Waals surface area contributed by atoms with Crippen LogP contribution in [0.1, 0.15) is 15.9 Å². The molecule has 2 N–H and O–H groups in total. The number of amidine groups is 1. The molecular formula is C16H13N5O2. The van der Waals surface area contributed by atoms with E-state index in [2.05, 4.69) is 20.3 Å². The fourth-order valence-electron chi connectivity index (χ4n) is 2.63. The van der Waals surface area contributed by atoms with E-state index in [0.717, 1.165) is 5.56 Å². The van der Waals surface area contributed by atoms with E-state index in [9.17, 15) is 9.90 Å². The highest BCUT2D eigenvalue weighted by Gasteiger charge is 2.30. The topological polar surface area (TPSA) is 90.2 Å². The zero-order valence-electron chi connectivity index (χ0n) is 12.1. The normalized spacial score (nSPS) is 15.4. The van der Waals surface area contributed by atoms with Gasteiger partial charge < -0.3 is 5.11 Å². The highest BCUT2D eigenvalue weighted by atomic mass is 16.3. The first-order valence-electron chi connectivity index (χ1n) is 7.18. The molecule has 0 saturated carbocycles. The summed E-state index contributed by atoms with van der Waals surface area (Å²) in [5.74, 6) is 1.04. The van der Waals surface area contributed by atoms with Crippen molar-refractivity contribution in [1.82, 2.24) is 15.2 Å². The molecule has 2 aromatic rings. The summed E-state index contributed by atoms with van der Waals surface area (Å²) < 4.78 is 0. The number of hydrogen-bond donors (Lipinski definition) is 2. The van der Waals surface area contributed by atoms with Gasteiger partial charge in [-0.25, -0.2) is 4.99 Å². The second kappa shape index (κ2) is 5.20. The molecule has 3 heterocycles. The van der Waals surface area contributed by atoms with Crippen LogP contribution < -0.4 is 5.32 Å². The van der Waals surface area contributed by atoms with Gasteiger partial charge in [0.25, 0.3) is 5.91 Å². The van der Waals surface area contributed by atoms with E-state index < -0.39 is 0 Å². The summed E-state index contributed by atoms with van der Waals surface area (Å²) in [4.78, 5) is 27.1. The predicted octanol–water partition coefficient (Wildman–Crippen LogP) is 1.28. The van der Waals surface area contributed by atoms with Crippen molar-refractivity contribution in [2.24, 2.45) is 9.98 Å². The zero-order chi connectivity index (χ0) is 15.8. The van der Waals surface area contributed by atoms with E-state index in [-0.39, 0.29) is 11.7 Å². The summed E-state index contributed by atoms with van der Waals surface area (Å²) in [7, 11) is 0. The van der Waals surface area contributed by atoms with E-state index in [0.29, 0.717) is 36.1 Å². The Kier molecular flexibility index (Phi) is 3.04. The van der Waals surface area contributed by atoms with Crippen molar-refractivity contribution < 1.29 is 9.90 Å². The third-order valence-corrected chi connectivity index (χ3v) is 3.69. The smallest absolute Gasteiger partial charge is 0.259 e. The standard InChI is InChI=1S/C16H13N5O2/c22-11-3-4-13-12(8-11)14-18-6-7-21(14)16(19-13)20-15(23)10-2-1-5-17-9-10/h1-5,8-9,22H,6-7H2,(H,19,20,23). The SMILES string of the molecule is O=C(NC1=Nc2ccc(O)cc2C2=NCCN12)c1cccnc1. The second-order valence-corrected chi connectivity index (χ2v) is 5.19. The molecule has 0 saturated heterocycles. The number of benzene rings is 1. The number of pyridine rings is 1. The van der Waals surface area contributed by atoms with Crippen LogP contribution in [0, 0.1) is 0 Å². The molecule has 0 atom stereocenters. The lowest BCUT2D eigenvalue weighted by Crippen LogP contribution is -2.47. The molecule has 4 rings (SSSR count). The molecule has 0 spiro atoms.